The quantitative estimate of drug-likeness (QED) is 0.527. The lowest BCUT2D eigenvalue weighted by Gasteiger charge is -2.39. The molecule has 3 unspecified atom stereocenters. The van der Waals surface area contributed by atoms with Gasteiger partial charge in [-0.3, -0.25) is 0 Å². The number of halogens is 1. The van der Waals surface area contributed by atoms with Crippen molar-refractivity contribution in [3.8, 4) is 17.2 Å². The summed E-state index contributed by atoms with van der Waals surface area (Å²) in [5.74, 6) is 2.26. The molecular formula is C27H30FN3O3. The molecule has 0 amide bonds. The summed E-state index contributed by atoms with van der Waals surface area (Å²) < 4.78 is 30.8. The number of hydrogen-bond donors (Lipinski definition) is 2. The van der Waals surface area contributed by atoms with Gasteiger partial charge in [0.2, 0.25) is 0 Å². The van der Waals surface area contributed by atoms with Crippen molar-refractivity contribution in [1.82, 2.24) is 10.9 Å². The van der Waals surface area contributed by atoms with Crippen molar-refractivity contribution in [2.45, 2.75) is 25.6 Å². The van der Waals surface area contributed by atoms with Gasteiger partial charge in [0, 0.05) is 30.8 Å². The van der Waals surface area contributed by atoms with Gasteiger partial charge in [-0.1, -0.05) is 24.3 Å². The number of hydrogen-bond acceptors (Lipinski definition) is 6. The van der Waals surface area contributed by atoms with E-state index in [1.165, 1.54) is 11.6 Å². The molecule has 2 N–H and O–H groups in total. The van der Waals surface area contributed by atoms with Crippen LogP contribution in [0.1, 0.15) is 35.7 Å². The predicted molar refractivity (Wildman–Crippen MR) is 130 cm³/mol. The first kappa shape index (κ1) is 22.5. The lowest BCUT2D eigenvalue weighted by molar-refractivity contribution is 0.339. The first-order valence-corrected chi connectivity index (χ1v) is 11.6. The van der Waals surface area contributed by atoms with Crippen LogP contribution in [0.5, 0.6) is 17.2 Å². The smallest absolute Gasteiger partial charge is 0.162 e. The fraction of sp³-hybridized carbons (Fsp3) is 0.333. The lowest BCUT2D eigenvalue weighted by Crippen LogP contribution is -2.39. The Labute approximate surface area is 199 Å². The number of hydrazine groups is 1. The third-order valence-corrected chi connectivity index (χ3v) is 6.70. The molecule has 34 heavy (non-hydrogen) atoms. The molecule has 178 valence electrons. The molecule has 3 aromatic carbocycles. The highest BCUT2D eigenvalue weighted by Crippen LogP contribution is 2.49. The van der Waals surface area contributed by atoms with Crippen LogP contribution < -0.4 is 30.0 Å². The van der Waals surface area contributed by atoms with Crippen LogP contribution in [-0.4, -0.2) is 27.4 Å². The highest BCUT2D eigenvalue weighted by Gasteiger charge is 2.43. The molecule has 2 heterocycles. The average Bonchev–Trinajstić information content (AvgIpc) is 3.28. The number of methoxy groups -OCH3 is 2. The Morgan fingerprint density at radius 1 is 0.941 bits per heavy atom. The van der Waals surface area contributed by atoms with Crippen LogP contribution in [0.15, 0.2) is 60.7 Å². The highest BCUT2D eigenvalue weighted by atomic mass is 19.1. The molecule has 0 spiro atoms. The molecule has 0 aromatic heterocycles. The molecule has 2 aliphatic rings. The molecule has 3 aromatic rings. The summed E-state index contributed by atoms with van der Waals surface area (Å²) in [6.45, 7) is 4.02. The molecule has 5 rings (SSSR count). The van der Waals surface area contributed by atoms with Crippen molar-refractivity contribution in [2.75, 3.05) is 32.3 Å². The summed E-state index contributed by atoms with van der Waals surface area (Å²) in [4.78, 5) is 2.31. The van der Waals surface area contributed by atoms with Crippen LogP contribution in [0.2, 0.25) is 0 Å². The monoisotopic (exact) mass is 463 g/mol. The van der Waals surface area contributed by atoms with E-state index < -0.39 is 0 Å². The van der Waals surface area contributed by atoms with Crippen LogP contribution in [0, 0.1) is 11.7 Å². The third-order valence-electron chi connectivity index (χ3n) is 6.70. The minimum Gasteiger partial charge on any atom is -0.494 e. The van der Waals surface area contributed by atoms with E-state index in [0.717, 1.165) is 29.1 Å². The van der Waals surface area contributed by atoms with Crippen molar-refractivity contribution in [3.05, 3.63) is 83.2 Å². The molecule has 2 aliphatic heterocycles. The predicted octanol–water partition coefficient (Wildman–Crippen LogP) is 4.77. The van der Waals surface area contributed by atoms with Gasteiger partial charge in [-0.05, 0) is 53.9 Å². The van der Waals surface area contributed by atoms with Gasteiger partial charge in [0.05, 0.1) is 32.9 Å². The first-order chi connectivity index (χ1) is 16.6. The fourth-order valence-corrected chi connectivity index (χ4v) is 5.14. The maximum Gasteiger partial charge on any atom is 0.162 e. The van der Waals surface area contributed by atoms with E-state index in [2.05, 4.69) is 34.0 Å². The number of benzene rings is 3. The fourth-order valence-electron chi connectivity index (χ4n) is 5.14. The molecule has 7 heteroatoms. The van der Waals surface area contributed by atoms with E-state index in [4.69, 9.17) is 14.2 Å². The normalized spacial score (nSPS) is 21.1. The Balaban J connectivity index is 1.52. The van der Waals surface area contributed by atoms with Crippen molar-refractivity contribution >= 4 is 5.69 Å². The van der Waals surface area contributed by atoms with Gasteiger partial charge >= 0.3 is 0 Å². The van der Waals surface area contributed by atoms with E-state index in [-0.39, 0.29) is 23.8 Å². The number of nitrogens with zero attached hydrogens (tertiary/aromatic N) is 1. The van der Waals surface area contributed by atoms with Gasteiger partial charge in [-0.15, -0.1) is 0 Å². The van der Waals surface area contributed by atoms with Crippen LogP contribution in [0.4, 0.5) is 10.1 Å². The number of fused-ring (bicyclic) bond motifs is 3. The Bertz CT molecular complexity index is 1150. The molecule has 1 saturated heterocycles. The van der Waals surface area contributed by atoms with Crippen molar-refractivity contribution in [2.24, 2.45) is 5.92 Å². The highest BCUT2D eigenvalue weighted by molar-refractivity contribution is 5.65. The van der Waals surface area contributed by atoms with Crippen LogP contribution >= 0.6 is 0 Å². The SMILES string of the molecule is CCOc1ccc(C2NNC3c4cc(OC)c(OC)cc4N(Cc4cccc(F)c4)CC23)cc1. The molecule has 0 bridgehead atoms. The molecular weight excluding hydrogens is 433 g/mol. The van der Waals surface area contributed by atoms with Crippen molar-refractivity contribution in [3.63, 3.8) is 0 Å². The second-order valence-corrected chi connectivity index (χ2v) is 8.69. The van der Waals surface area contributed by atoms with E-state index in [1.54, 1.807) is 26.4 Å². The van der Waals surface area contributed by atoms with Gasteiger partial charge in [-0.2, -0.15) is 0 Å². The standard InChI is InChI=1S/C27H30FN3O3/c1-4-34-20-10-8-18(9-11-20)26-22-16-31(15-17-6-5-7-19(28)12-17)23-14-25(33-3)24(32-2)13-21(23)27(22)30-29-26/h5-14,22,26-27,29-30H,4,15-16H2,1-3H3. The number of rotatable bonds is 7. The molecule has 0 radical (unpaired) electrons. The zero-order valence-electron chi connectivity index (χ0n) is 19.7. The van der Waals surface area contributed by atoms with E-state index in [9.17, 15) is 4.39 Å². The Morgan fingerprint density at radius 2 is 1.68 bits per heavy atom. The molecule has 6 nitrogen and oxygen atoms in total. The molecule has 0 saturated carbocycles. The second kappa shape index (κ2) is 9.52. The third kappa shape index (κ3) is 4.17. The summed E-state index contributed by atoms with van der Waals surface area (Å²) in [7, 11) is 3.29. The summed E-state index contributed by atoms with van der Waals surface area (Å²) in [6.07, 6.45) is 0. The maximum absolute atomic E-state index is 13.9. The van der Waals surface area contributed by atoms with Crippen LogP contribution in [0.3, 0.4) is 0 Å². The Morgan fingerprint density at radius 3 is 2.38 bits per heavy atom. The first-order valence-electron chi connectivity index (χ1n) is 11.6. The van der Waals surface area contributed by atoms with Crippen LogP contribution in [0.25, 0.3) is 0 Å². The number of anilines is 1. The molecule has 3 atom stereocenters. The summed E-state index contributed by atoms with van der Waals surface area (Å²) in [6, 6.07) is 19.3. The number of nitrogens with one attached hydrogen (secondary N) is 2. The minimum atomic E-state index is -0.226. The lowest BCUT2D eigenvalue weighted by atomic mass is 9.81. The minimum absolute atomic E-state index is 0.0927. The summed E-state index contributed by atoms with van der Waals surface area (Å²) in [5.41, 5.74) is 11.3. The summed E-state index contributed by atoms with van der Waals surface area (Å²) in [5, 5.41) is 0. The van der Waals surface area contributed by atoms with Crippen molar-refractivity contribution in [1.29, 1.82) is 0 Å². The average molecular weight is 464 g/mol. The maximum atomic E-state index is 13.9. The number of ether oxygens (including phenoxy) is 3. The Kier molecular flexibility index (Phi) is 6.30. The van der Waals surface area contributed by atoms with E-state index in [1.807, 2.05) is 31.2 Å². The van der Waals surface area contributed by atoms with Gasteiger partial charge in [0.15, 0.2) is 11.5 Å². The molecule has 1 fully saturated rings. The Hall–Kier alpha value is -3.29. The van der Waals surface area contributed by atoms with E-state index in [0.29, 0.717) is 24.7 Å². The zero-order valence-corrected chi connectivity index (χ0v) is 19.7. The van der Waals surface area contributed by atoms with E-state index >= 15 is 0 Å². The second-order valence-electron chi connectivity index (χ2n) is 8.69. The van der Waals surface area contributed by atoms with Gasteiger partial charge in [-0.25, -0.2) is 15.2 Å². The topological polar surface area (TPSA) is 55.0 Å². The van der Waals surface area contributed by atoms with Gasteiger partial charge in [0.25, 0.3) is 0 Å². The molecule has 0 aliphatic carbocycles. The zero-order chi connectivity index (χ0) is 23.7. The summed E-state index contributed by atoms with van der Waals surface area (Å²) >= 11 is 0. The largest absolute Gasteiger partial charge is 0.494 e. The van der Waals surface area contributed by atoms with Crippen molar-refractivity contribution < 1.29 is 18.6 Å². The van der Waals surface area contributed by atoms with Crippen LogP contribution in [-0.2, 0) is 6.54 Å². The van der Waals surface area contributed by atoms with Gasteiger partial charge < -0.3 is 19.1 Å². The van der Waals surface area contributed by atoms with Gasteiger partial charge in [0.1, 0.15) is 11.6 Å².